The summed E-state index contributed by atoms with van der Waals surface area (Å²) < 4.78 is 28.4. The van der Waals surface area contributed by atoms with Gasteiger partial charge in [-0.05, 0) is 29.7 Å². The zero-order valence-corrected chi connectivity index (χ0v) is 15.2. The van der Waals surface area contributed by atoms with Crippen molar-refractivity contribution in [2.24, 2.45) is 4.99 Å². The quantitative estimate of drug-likeness (QED) is 0.411. The van der Waals surface area contributed by atoms with Crippen molar-refractivity contribution in [2.75, 3.05) is 0 Å². The molecule has 0 amide bonds. The van der Waals surface area contributed by atoms with Crippen LogP contribution in [0.4, 0.5) is 8.78 Å². The Bertz CT molecular complexity index is 1070. The summed E-state index contributed by atoms with van der Waals surface area (Å²) in [5, 5.41) is 4.55. The van der Waals surface area contributed by atoms with Crippen LogP contribution in [0, 0.1) is 10.3 Å². The van der Waals surface area contributed by atoms with E-state index in [0.717, 1.165) is 20.2 Å². The second kappa shape index (κ2) is 7.35. The average Bonchev–Trinajstić information content (AvgIpc) is 3.20. The van der Waals surface area contributed by atoms with Crippen molar-refractivity contribution >= 4 is 49.2 Å². The first-order valence-corrected chi connectivity index (χ1v) is 9.61. The van der Waals surface area contributed by atoms with Crippen molar-refractivity contribution < 1.29 is 8.78 Å². The standard InChI is InChI=1S/C12H9FN2S.C8H5FS/c13-12-11(9-5-6-14-7-15-9)8-3-1-2-4-10(8)16-12;9-8-5-6-3-1-2-4-7(6)10-8/h1-7,9H,(H,14,15);1-5H. The van der Waals surface area contributed by atoms with Gasteiger partial charge in [0.1, 0.15) is 6.04 Å². The highest BCUT2D eigenvalue weighted by atomic mass is 32.1. The second-order valence-electron chi connectivity index (χ2n) is 5.62. The van der Waals surface area contributed by atoms with Crippen LogP contribution in [0.25, 0.3) is 20.2 Å². The van der Waals surface area contributed by atoms with Crippen LogP contribution >= 0.6 is 22.7 Å². The Balaban J connectivity index is 0.000000144. The summed E-state index contributed by atoms with van der Waals surface area (Å²) in [4.78, 5) is 4.23. The molecule has 130 valence electrons. The Labute approximate surface area is 157 Å². The molecule has 1 N–H and O–H groups in total. The van der Waals surface area contributed by atoms with Crippen LogP contribution in [0.1, 0.15) is 11.6 Å². The molecule has 0 fully saturated rings. The lowest BCUT2D eigenvalue weighted by molar-refractivity contribution is 0.633. The van der Waals surface area contributed by atoms with Gasteiger partial charge in [0, 0.05) is 26.5 Å². The molecule has 0 aliphatic carbocycles. The molecule has 3 heterocycles. The van der Waals surface area contributed by atoms with Gasteiger partial charge in [-0.15, -0.1) is 22.7 Å². The first kappa shape index (κ1) is 16.9. The van der Waals surface area contributed by atoms with Gasteiger partial charge >= 0.3 is 0 Å². The molecule has 0 radical (unpaired) electrons. The molecule has 26 heavy (non-hydrogen) atoms. The topological polar surface area (TPSA) is 24.4 Å². The SMILES string of the molecule is Fc1cc2ccccc2s1.Fc1sc2ccccc2c1C1C=CNC=N1. The number of fused-ring (bicyclic) bond motifs is 2. The fraction of sp³-hybridized carbons (Fsp3) is 0.0500. The summed E-state index contributed by atoms with van der Waals surface area (Å²) in [5.74, 6) is 0. The van der Waals surface area contributed by atoms with Gasteiger partial charge in [-0.3, -0.25) is 4.99 Å². The van der Waals surface area contributed by atoms with E-state index in [4.69, 9.17) is 0 Å². The summed E-state index contributed by atoms with van der Waals surface area (Å²) in [6.07, 6.45) is 5.23. The van der Waals surface area contributed by atoms with Crippen molar-refractivity contribution in [3.05, 3.63) is 82.7 Å². The van der Waals surface area contributed by atoms with Gasteiger partial charge in [0.15, 0.2) is 10.3 Å². The van der Waals surface area contributed by atoms with Gasteiger partial charge in [-0.25, -0.2) is 0 Å². The summed E-state index contributed by atoms with van der Waals surface area (Å²) in [6.45, 7) is 0. The smallest absolute Gasteiger partial charge is 0.183 e. The van der Waals surface area contributed by atoms with Gasteiger partial charge in [-0.2, -0.15) is 8.78 Å². The number of hydrogen-bond acceptors (Lipinski definition) is 4. The Morgan fingerprint density at radius 2 is 1.69 bits per heavy atom. The van der Waals surface area contributed by atoms with Gasteiger partial charge in [-0.1, -0.05) is 36.4 Å². The molecule has 2 nitrogen and oxygen atoms in total. The Hall–Kier alpha value is -2.57. The van der Waals surface area contributed by atoms with Gasteiger partial charge in [0.25, 0.3) is 0 Å². The zero-order valence-electron chi connectivity index (χ0n) is 13.5. The van der Waals surface area contributed by atoms with E-state index in [0.29, 0.717) is 5.56 Å². The lowest BCUT2D eigenvalue weighted by Gasteiger charge is -2.10. The van der Waals surface area contributed by atoms with Crippen LogP contribution in [-0.2, 0) is 0 Å². The molecule has 0 bridgehead atoms. The Kier molecular flexibility index (Phi) is 4.77. The number of rotatable bonds is 1. The van der Waals surface area contributed by atoms with Crippen LogP contribution in [0.3, 0.4) is 0 Å². The Morgan fingerprint density at radius 3 is 2.46 bits per heavy atom. The minimum atomic E-state index is -0.211. The summed E-state index contributed by atoms with van der Waals surface area (Å²) in [6, 6.07) is 16.7. The minimum Gasteiger partial charge on any atom is -0.353 e. The highest BCUT2D eigenvalue weighted by Gasteiger charge is 2.19. The predicted molar refractivity (Wildman–Crippen MR) is 107 cm³/mol. The highest BCUT2D eigenvalue weighted by Crippen LogP contribution is 2.36. The fourth-order valence-electron chi connectivity index (χ4n) is 2.79. The zero-order chi connectivity index (χ0) is 17.9. The molecule has 1 aliphatic rings. The van der Waals surface area contributed by atoms with Gasteiger partial charge in [0.2, 0.25) is 0 Å². The molecule has 0 saturated carbocycles. The van der Waals surface area contributed by atoms with E-state index in [1.54, 1.807) is 18.6 Å². The van der Waals surface area contributed by atoms with E-state index in [1.807, 2.05) is 54.6 Å². The first-order valence-electron chi connectivity index (χ1n) is 7.98. The average molecular weight is 384 g/mol. The lowest BCUT2D eigenvalue weighted by atomic mass is 10.1. The van der Waals surface area contributed by atoms with Crippen LogP contribution < -0.4 is 5.32 Å². The molecule has 2 aromatic carbocycles. The van der Waals surface area contributed by atoms with E-state index >= 15 is 0 Å². The summed E-state index contributed by atoms with van der Waals surface area (Å²) >= 11 is 2.36. The molecule has 0 saturated heterocycles. The molecule has 4 aromatic rings. The third-order valence-electron chi connectivity index (χ3n) is 3.96. The van der Waals surface area contributed by atoms with Crippen LogP contribution in [0.15, 0.2) is 71.9 Å². The fourth-order valence-corrected chi connectivity index (χ4v) is 4.55. The predicted octanol–water partition coefficient (Wildman–Crippen LogP) is 6.27. The first-order chi connectivity index (χ1) is 12.7. The number of nitrogens with zero attached hydrogens (tertiary/aromatic N) is 1. The van der Waals surface area contributed by atoms with Crippen molar-refractivity contribution in [2.45, 2.75) is 6.04 Å². The van der Waals surface area contributed by atoms with E-state index in [2.05, 4.69) is 10.3 Å². The number of nitrogens with one attached hydrogen (secondary N) is 1. The third kappa shape index (κ3) is 3.38. The van der Waals surface area contributed by atoms with Crippen molar-refractivity contribution in [1.29, 1.82) is 0 Å². The number of halogens is 2. The van der Waals surface area contributed by atoms with Gasteiger partial charge in [0.05, 0.1) is 6.34 Å². The maximum Gasteiger partial charge on any atom is 0.183 e. The minimum absolute atomic E-state index is 0.110. The third-order valence-corrected chi connectivity index (χ3v) is 5.84. The largest absolute Gasteiger partial charge is 0.353 e. The van der Waals surface area contributed by atoms with Crippen LogP contribution in [0.5, 0.6) is 0 Å². The Morgan fingerprint density at radius 1 is 0.923 bits per heavy atom. The number of thiophene rings is 2. The monoisotopic (exact) mass is 384 g/mol. The molecule has 0 spiro atoms. The number of hydrogen-bond donors (Lipinski definition) is 1. The lowest BCUT2D eigenvalue weighted by Crippen LogP contribution is -2.08. The van der Waals surface area contributed by atoms with E-state index in [-0.39, 0.29) is 16.3 Å². The second-order valence-corrected chi connectivity index (χ2v) is 7.66. The molecule has 1 atom stereocenters. The van der Waals surface area contributed by atoms with Crippen molar-refractivity contribution in [3.8, 4) is 0 Å². The molecular weight excluding hydrogens is 370 g/mol. The number of benzene rings is 2. The highest BCUT2D eigenvalue weighted by molar-refractivity contribution is 7.18. The van der Waals surface area contributed by atoms with Crippen LogP contribution in [0.2, 0.25) is 0 Å². The van der Waals surface area contributed by atoms with Crippen molar-refractivity contribution in [1.82, 2.24) is 5.32 Å². The maximum absolute atomic E-state index is 13.9. The molecular formula is C20H14F2N2S2. The molecule has 6 heteroatoms. The normalized spacial score (nSPS) is 15.7. The summed E-state index contributed by atoms with van der Waals surface area (Å²) in [5.41, 5.74) is 0.676. The number of aliphatic imine (C=N–C) groups is 1. The van der Waals surface area contributed by atoms with Gasteiger partial charge < -0.3 is 5.32 Å². The van der Waals surface area contributed by atoms with E-state index in [9.17, 15) is 8.78 Å². The molecule has 2 aromatic heterocycles. The van der Waals surface area contributed by atoms with Crippen molar-refractivity contribution in [3.63, 3.8) is 0 Å². The van der Waals surface area contributed by atoms with Crippen LogP contribution in [-0.4, -0.2) is 6.34 Å². The maximum atomic E-state index is 13.9. The molecule has 5 rings (SSSR count). The van der Waals surface area contributed by atoms with E-state index in [1.165, 1.54) is 22.7 Å². The van der Waals surface area contributed by atoms with E-state index < -0.39 is 0 Å². The summed E-state index contributed by atoms with van der Waals surface area (Å²) in [7, 11) is 0. The molecule has 1 unspecified atom stereocenters. The molecule has 1 aliphatic heterocycles.